The first-order chi connectivity index (χ1) is 14.7. The summed E-state index contributed by atoms with van der Waals surface area (Å²) in [6, 6.07) is 7.64. The average Bonchev–Trinajstić information content (AvgIpc) is 2.73. The van der Waals surface area contributed by atoms with Crippen molar-refractivity contribution in [3.05, 3.63) is 59.8 Å². The van der Waals surface area contributed by atoms with Crippen LogP contribution < -0.4 is 5.32 Å². The van der Waals surface area contributed by atoms with Gasteiger partial charge in [0.05, 0.1) is 0 Å². The number of ether oxygens (including phenoxy) is 2. The minimum absolute atomic E-state index is 0.146. The highest BCUT2D eigenvalue weighted by molar-refractivity contribution is 8.00. The highest BCUT2D eigenvalue weighted by Crippen LogP contribution is 2.41. The molecule has 0 aromatic heterocycles. The number of carbonyl (C=O) groups is 4. The van der Waals surface area contributed by atoms with Crippen LogP contribution in [0.1, 0.15) is 32.4 Å². The van der Waals surface area contributed by atoms with Gasteiger partial charge in [-0.05, 0) is 26.3 Å². The van der Waals surface area contributed by atoms with Crippen molar-refractivity contribution in [2.45, 2.75) is 43.9 Å². The fourth-order valence-corrected chi connectivity index (χ4v) is 4.66. The van der Waals surface area contributed by atoms with E-state index in [1.807, 2.05) is 0 Å². The molecule has 2 aliphatic heterocycles. The molecule has 1 aromatic carbocycles. The third-order valence-corrected chi connectivity index (χ3v) is 5.97. The highest BCUT2D eigenvalue weighted by Gasteiger charge is 2.54. The normalized spacial score (nSPS) is 21.4. The van der Waals surface area contributed by atoms with E-state index in [1.165, 1.54) is 22.7 Å². The number of fused-ring (bicyclic) bond motifs is 1. The number of nitrogens with zero attached hydrogens (tertiary/aromatic N) is 1. The van der Waals surface area contributed by atoms with Gasteiger partial charge in [0, 0.05) is 11.3 Å². The zero-order valence-corrected chi connectivity index (χ0v) is 18.3. The molecule has 3 atom stereocenters. The van der Waals surface area contributed by atoms with Crippen LogP contribution in [0.4, 0.5) is 0 Å². The van der Waals surface area contributed by atoms with Crippen LogP contribution in [0.5, 0.6) is 0 Å². The number of hydrogen-bond acceptors (Lipinski definition) is 7. The Morgan fingerprint density at radius 1 is 1.29 bits per heavy atom. The minimum atomic E-state index is -1.18. The van der Waals surface area contributed by atoms with E-state index in [-0.39, 0.29) is 12.2 Å². The molecule has 0 radical (unpaired) electrons. The van der Waals surface area contributed by atoms with Gasteiger partial charge < -0.3 is 14.8 Å². The van der Waals surface area contributed by atoms with Crippen LogP contribution in [0, 0.1) is 0 Å². The molecular formula is C22H24N2O6S. The number of nitrogens with one attached hydrogen (secondary N) is 1. The molecular weight excluding hydrogens is 420 g/mol. The molecule has 2 amide bonds. The van der Waals surface area contributed by atoms with Crippen LogP contribution in [0.2, 0.25) is 0 Å². The van der Waals surface area contributed by atoms with E-state index in [1.54, 1.807) is 51.1 Å². The fraction of sp³-hybridized carbons (Fsp3) is 0.364. The summed E-state index contributed by atoms with van der Waals surface area (Å²) in [6.07, 6.45) is 0.351. The van der Waals surface area contributed by atoms with E-state index in [2.05, 4.69) is 11.9 Å². The maximum absolute atomic E-state index is 12.9. The molecule has 0 spiro atoms. The van der Waals surface area contributed by atoms with Crippen LogP contribution in [0.3, 0.4) is 0 Å². The smallest absolute Gasteiger partial charge is 0.355 e. The van der Waals surface area contributed by atoms with Crippen LogP contribution >= 0.6 is 11.8 Å². The summed E-state index contributed by atoms with van der Waals surface area (Å²) >= 11 is 1.40. The van der Waals surface area contributed by atoms with Crippen molar-refractivity contribution in [2.75, 3.05) is 5.75 Å². The Labute approximate surface area is 184 Å². The largest absolute Gasteiger partial charge is 0.455 e. The second kappa shape index (κ2) is 8.97. The number of allylic oxidation sites excluding steroid dienone is 1. The zero-order chi connectivity index (χ0) is 22.8. The number of amides is 2. The lowest BCUT2D eigenvalue weighted by Gasteiger charge is -2.49. The molecule has 164 valence electrons. The summed E-state index contributed by atoms with van der Waals surface area (Å²) in [5, 5.41) is 2.18. The average molecular weight is 445 g/mol. The number of carbonyl (C=O) groups excluding carboxylic acids is 4. The van der Waals surface area contributed by atoms with Crippen LogP contribution in [-0.4, -0.2) is 51.9 Å². The molecule has 2 heterocycles. The van der Waals surface area contributed by atoms with E-state index in [4.69, 9.17) is 9.47 Å². The molecule has 1 N–H and O–H groups in total. The molecule has 1 saturated heterocycles. The van der Waals surface area contributed by atoms with Gasteiger partial charge in [-0.25, -0.2) is 4.79 Å². The number of hydrogen-bond donors (Lipinski definition) is 1. The van der Waals surface area contributed by atoms with E-state index >= 15 is 0 Å². The molecule has 0 saturated carbocycles. The Morgan fingerprint density at radius 2 is 1.97 bits per heavy atom. The van der Waals surface area contributed by atoms with Crippen LogP contribution in [0.25, 0.3) is 0 Å². The molecule has 8 nitrogen and oxygen atoms in total. The predicted octanol–water partition coefficient (Wildman–Crippen LogP) is 2.08. The van der Waals surface area contributed by atoms with E-state index in [0.29, 0.717) is 16.9 Å². The Morgan fingerprint density at radius 3 is 2.55 bits per heavy atom. The summed E-state index contributed by atoms with van der Waals surface area (Å²) in [6.45, 7) is 9.15. The third-order valence-electron chi connectivity index (χ3n) is 4.67. The molecule has 3 rings (SSSR count). The molecule has 1 fully saturated rings. The number of esters is 1. The SMILES string of the molecule is C=CC1=C(C(=O)OC(C)(C)C)N2C(=O)[C@@H](NC(=O)C(OC=O)c3ccccc3)[C@@H]2SC1. The number of benzene rings is 1. The van der Waals surface area contributed by atoms with Gasteiger partial charge in [0.1, 0.15) is 22.7 Å². The lowest BCUT2D eigenvalue weighted by Crippen LogP contribution is -2.71. The maximum atomic E-state index is 12.9. The van der Waals surface area contributed by atoms with Crippen molar-refractivity contribution in [1.29, 1.82) is 0 Å². The second-order valence-electron chi connectivity index (χ2n) is 8.00. The summed E-state index contributed by atoms with van der Waals surface area (Å²) in [5.41, 5.74) is 0.496. The van der Waals surface area contributed by atoms with Gasteiger partial charge in [0.15, 0.2) is 0 Å². The Kier molecular flexibility index (Phi) is 6.54. The van der Waals surface area contributed by atoms with Crippen molar-refractivity contribution < 1.29 is 28.7 Å². The number of thioether (sulfide) groups is 1. The first-order valence-corrected chi connectivity index (χ1v) is 10.7. The van der Waals surface area contributed by atoms with Crippen molar-refractivity contribution in [3.8, 4) is 0 Å². The Bertz CT molecular complexity index is 937. The predicted molar refractivity (Wildman–Crippen MR) is 114 cm³/mol. The van der Waals surface area contributed by atoms with Gasteiger partial charge in [0.2, 0.25) is 6.10 Å². The van der Waals surface area contributed by atoms with Crippen LogP contribution in [0.15, 0.2) is 54.3 Å². The summed E-state index contributed by atoms with van der Waals surface area (Å²) in [5.74, 6) is -1.23. The third kappa shape index (κ3) is 4.66. The molecule has 1 unspecified atom stereocenters. The van der Waals surface area contributed by atoms with Crippen molar-refractivity contribution in [3.63, 3.8) is 0 Å². The van der Waals surface area contributed by atoms with Gasteiger partial charge >= 0.3 is 5.97 Å². The summed E-state index contributed by atoms with van der Waals surface area (Å²) in [7, 11) is 0. The summed E-state index contributed by atoms with van der Waals surface area (Å²) in [4.78, 5) is 50.7. The van der Waals surface area contributed by atoms with Gasteiger partial charge in [-0.1, -0.05) is 43.0 Å². The zero-order valence-electron chi connectivity index (χ0n) is 17.5. The molecule has 2 aliphatic rings. The molecule has 0 aliphatic carbocycles. The van der Waals surface area contributed by atoms with E-state index in [0.717, 1.165) is 0 Å². The standard InChI is InChI=1S/C22H24N2O6S/c1-5-13-11-31-20-15(19(27)24(20)16(13)21(28)30-22(2,3)4)23-18(26)17(29-12-25)14-9-7-6-8-10-14/h5-10,12,15,17,20H,1,11H2,2-4H3,(H,23,26)/t15-,17?,20+/m1/s1. The first kappa shape index (κ1) is 22.6. The quantitative estimate of drug-likeness (QED) is 0.390. The van der Waals surface area contributed by atoms with Crippen LogP contribution in [-0.2, 0) is 28.7 Å². The molecule has 31 heavy (non-hydrogen) atoms. The maximum Gasteiger partial charge on any atom is 0.355 e. The van der Waals surface area contributed by atoms with Crippen molar-refractivity contribution in [1.82, 2.24) is 10.2 Å². The van der Waals surface area contributed by atoms with Gasteiger partial charge in [-0.2, -0.15) is 0 Å². The fourth-order valence-electron chi connectivity index (χ4n) is 3.32. The van der Waals surface area contributed by atoms with Crippen molar-refractivity contribution in [2.24, 2.45) is 0 Å². The van der Waals surface area contributed by atoms with E-state index < -0.39 is 40.9 Å². The van der Waals surface area contributed by atoms with Gasteiger partial charge in [-0.3, -0.25) is 19.3 Å². The monoisotopic (exact) mass is 444 g/mol. The first-order valence-electron chi connectivity index (χ1n) is 9.66. The van der Waals surface area contributed by atoms with Crippen molar-refractivity contribution >= 4 is 36.0 Å². The summed E-state index contributed by atoms with van der Waals surface area (Å²) < 4.78 is 10.4. The highest BCUT2D eigenvalue weighted by atomic mass is 32.2. The van der Waals surface area contributed by atoms with Gasteiger partial charge in [-0.15, -0.1) is 11.8 Å². The Hall–Kier alpha value is -3.07. The van der Waals surface area contributed by atoms with Gasteiger partial charge in [0.25, 0.3) is 18.3 Å². The Balaban J connectivity index is 1.78. The molecule has 9 heteroatoms. The topological polar surface area (TPSA) is 102 Å². The number of β-lactam (4-membered cyclic amide) rings is 1. The second-order valence-corrected chi connectivity index (χ2v) is 9.10. The number of rotatable bonds is 7. The lowest BCUT2D eigenvalue weighted by atomic mass is 10.0. The van der Waals surface area contributed by atoms with E-state index in [9.17, 15) is 19.2 Å². The lowest BCUT2D eigenvalue weighted by molar-refractivity contribution is -0.159. The molecule has 0 bridgehead atoms. The minimum Gasteiger partial charge on any atom is -0.455 e. The molecule has 1 aromatic rings.